The second-order valence-electron chi connectivity index (χ2n) is 3.46. The number of hydrogen-bond acceptors (Lipinski definition) is 3. The van der Waals surface area contributed by atoms with Crippen molar-refractivity contribution in [1.29, 1.82) is 0 Å². The number of thioether (sulfide) groups is 1. The van der Waals surface area contributed by atoms with Crippen LogP contribution in [0.25, 0.3) is 0 Å². The number of rotatable bonds is 9. The molecule has 0 aliphatic heterocycles. The summed E-state index contributed by atoms with van der Waals surface area (Å²) in [4.78, 5) is 10.7. The van der Waals surface area contributed by atoms with Crippen LogP contribution in [-0.4, -0.2) is 18.8 Å². The Hall–Kier alpha value is -0.440. The molecule has 0 bridgehead atoms. The summed E-state index contributed by atoms with van der Waals surface area (Å²) in [6.07, 6.45) is 9.38. The monoisotopic (exact) mass is 230 g/mol. The number of ether oxygens (including phenoxy) is 1. The van der Waals surface area contributed by atoms with Crippen molar-refractivity contribution < 1.29 is 9.53 Å². The molecular weight excluding hydrogens is 208 g/mol. The molecule has 0 aromatic carbocycles. The molecule has 0 N–H and O–H groups in total. The molecule has 88 valence electrons. The van der Waals surface area contributed by atoms with Crippen molar-refractivity contribution in [2.24, 2.45) is 0 Å². The first kappa shape index (κ1) is 14.6. The van der Waals surface area contributed by atoms with Gasteiger partial charge in [-0.15, -0.1) is 11.8 Å². The van der Waals surface area contributed by atoms with Gasteiger partial charge in [-0.2, -0.15) is 0 Å². The predicted octanol–water partition coefficient (Wildman–Crippen LogP) is 3.77. The number of methoxy groups -OCH3 is 1. The summed E-state index contributed by atoms with van der Waals surface area (Å²) < 4.78 is 4.48. The maximum atomic E-state index is 10.7. The minimum atomic E-state index is -0.273. The summed E-state index contributed by atoms with van der Waals surface area (Å²) in [6.45, 7) is 2.23. The van der Waals surface area contributed by atoms with Crippen LogP contribution in [0.3, 0.4) is 0 Å². The summed E-state index contributed by atoms with van der Waals surface area (Å²) in [5, 5.41) is 1.82. The van der Waals surface area contributed by atoms with Crippen LogP contribution in [0.4, 0.5) is 0 Å². The first-order chi connectivity index (χ1) is 7.31. The molecule has 0 aliphatic rings. The highest BCUT2D eigenvalue weighted by Crippen LogP contribution is 2.10. The quantitative estimate of drug-likeness (QED) is 0.343. The fourth-order valence-electron chi connectivity index (χ4n) is 1.21. The van der Waals surface area contributed by atoms with Gasteiger partial charge in [0.2, 0.25) is 0 Å². The summed E-state index contributed by atoms with van der Waals surface area (Å²) in [5.41, 5.74) is 0. The molecular formula is C12H22O2S. The topological polar surface area (TPSA) is 26.3 Å². The van der Waals surface area contributed by atoms with Crippen LogP contribution >= 0.6 is 11.8 Å². The molecule has 0 aliphatic carbocycles. The fourth-order valence-corrected chi connectivity index (χ4v) is 1.92. The summed E-state index contributed by atoms with van der Waals surface area (Å²) in [6, 6.07) is 0. The van der Waals surface area contributed by atoms with E-state index in [-0.39, 0.29) is 5.97 Å². The molecule has 3 heteroatoms. The first-order valence-electron chi connectivity index (χ1n) is 5.67. The molecule has 0 radical (unpaired) electrons. The SMILES string of the molecule is CCCCCCCCS/C=C\C(=O)OC. The molecule has 0 aromatic heterocycles. The van der Waals surface area contributed by atoms with Gasteiger partial charge in [0, 0.05) is 6.08 Å². The van der Waals surface area contributed by atoms with E-state index in [0.717, 1.165) is 5.75 Å². The maximum absolute atomic E-state index is 10.7. The van der Waals surface area contributed by atoms with E-state index in [2.05, 4.69) is 11.7 Å². The second kappa shape index (κ2) is 11.6. The van der Waals surface area contributed by atoms with Crippen LogP contribution in [0.1, 0.15) is 45.4 Å². The maximum Gasteiger partial charge on any atom is 0.330 e. The molecule has 15 heavy (non-hydrogen) atoms. The third kappa shape index (κ3) is 11.5. The lowest BCUT2D eigenvalue weighted by atomic mass is 10.1. The van der Waals surface area contributed by atoms with Gasteiger partial charge in [0.25, 0.3) is 0 Å². The van der Waals surface area contributed by atoms with Crippen molar-refractivity contribution in [1.82, 2.24) is 0 Å². The van der Waals surface area contributed by atoms with Gasteiger partial charge < -0.3 is 4.74 Å². The molecule has 0 aromatic rings. The van der Waals surface area contributed by atoms with Gasteiger partial charge in [0.1, 0.15) is 0 Å². The van der Waals surface area contributed by atoms with Crippen LogP contribution in [0.15, 0.2) is 11.5 Å². The van der Waals surface area contributed by atoms with E-state index in [1.165, 1.54) is 51.7 Å². The van der Waals surface area contributed by atoms with Gasteiger partial charge in [-0.25, -0.2) is 4.79 Å². The highest BCUT2D eigenvalue weighted by molar-refractivity contribution is 8.02. The largest absolute Gasteiger partial charge is 0.466 e. The van der Waals surface area contributed by atoms with Gasteiger partial charge in [-0.1, -0.05) is 39.0 Å². The fraction of sp³-hybridized carbons (Fsp3) is 0.750. The minimum Gasteiger partial charge on any atom is -0.466 e. The number of hydrogen-bond donors (Lipinski definition) is 0. The Kier molecular flexibility index (Phi) is 11.3. The Balaban J connectivity index is 3.11. The van der Waals surface area contributed by atoms with E-state index in [0.29, 0.717) is 0 Å². The van der Waals surface area contributed by atoms with Crippen LogP contribution in [0, 0.1) is 0 Å². The Bertz CT molecular complexity index is 178. The first-order valence-corrected chi connectivity index (χ1v) is 6.72. The number of unbranched alkanes of at least 4 members (excludes halogenated alkanes) is 5. The normalized spacial score (nSPS) is 10.8. The highest BCUT2D eigenvalue weighted by Gasteiger charge is 1.91. The van der Waals surface area contributed by atoms with Crippen molar-refractivity contribution >= 4 is 17.7 Å². The average molecular weight is 230 g/mol. The van der Waals surface area contributed by atoms with Gasteiger partial charge in [0.15, 0.2) is 0 Å². The van der Waals surface area contributed by atoms with Crippen molar-refractivity contribution in [2.75, 3.05) is 12.9 Å². The molecule has 0 heterocycles. The molecule has 0 rings (SSSR count). The van der Waals surface area contributed by atoms with Crippen LogP contribution < -0.4 is 0 Å². The molecule has 0 amide bonds. The van der Waals surface area contributed by atoms with E-state index >= 15 is 0 Å². The molecule has 0 fully saturated rings. The third-order valence-electron chi connectivity index (χ3n) is 2.12. The average Bonchev–Trinajstić information content (AvgIpc) is 2.26. The molecule has 0 atom stereocenters. The Morgan fingerprint density at radius 3 is 2.53 bits per heavy atom. The van der Waals surface area contributed by atoms with Crippen LogP contribution in [0.5, 0.6) is 0 Å². The zero-order valence-corrected chi connectivity index (χ0v) is 10.6. The Labute approximate surface area is 97.5 Å². The number of carbonyl (C=O) groups is 1. The van der Waals surface area contributed by atoms with Gasteiger partial charge in [-0.05, 0) is 17.6 Å². The van der Waals surface area contributed by atoms with Crippen LogP contribution in [0.2, 0.25) is 0 Å². The minimum absolute atomic E-state index is 0.273. The zero-order valence-electron chi connectivity index (χ0n) is 9.83. The lowest BCUT2D eigenvalue weighted by molar-refractivity contribution is -0.134. The second-order valence-corrected chi connectivity index (χ2v) is 4.48. The van der Waals surface area contributed by atoms with Crippen molar-refractivity contribution in [3.05, 3.63) is 11.5 Å². The van der Waals surface area contributed by atoms with E-state index < -0.39 is 0 Å². The van der Waals surface area contributed by atoms with Gasteiger partial charge >= 0.3 is 5.97 Å². The van der Waals surface area contributed by atoms with Crippen molar-refractivity contribution in [2.45, 2.75) is 45.4 Å². The van der Waals surface area contributed by atoms with Gasteiger partial charge in [-0.3, -0.25) is 0 Å². The predicted molar refractivity (Wildman–Crippen MR) is 67.0 cm³/mol. The van der Waals surface area contributed by atoms with E-state index in [9.17, 15) is 4.79 Å². The lowest BCUT2D eigenvalue weighted by Crippen LogP contribution is -1.92. The summed E-state index contributed by atoms with van der Waals surface area (Å²) in [7, 11) is 1.39. The highest BCUT2D eigenvalue weighted by atomic mass is 32.2. The van der Waals surface area contributed by atoms with Crippen molar-refractivity contribution in [3.63, 3.8) is 0 Å². The Morgan fingerprint density at radius 1 is 1.20 bits per heavy atom. The number of esters is 1. The molecule has 2 nitrogen and oxygen atoms in total. The molecule has 0 spiro atoms. The lowest BCUT2D eigenvalue weighted by Gasteiger charge is -1.98. The van der Waals surface area contributed by atoms with E-state index in [1.807, 2.05) is 5.41 Å². The summed E-state index contributed by atoms with van der Waals surface area (Å²) >= 11 is 1.68. The van der Waals surface area contributed by atoms with Crippen molar-refractivity contribution in [3.8, 4) is 0 Å². The van der Waals surface area contributed by atoms with Crippen LogP contribution in [-0.2, 0) is 9.53 Å². The molecule has 0 unspecified atom stereocenters. The standard InChI is InChI=1S/C12H22O2S/c1-3-4-5-6-7-8-10-15-11-9-12(13)14-2/h9,11H,3-8,10H2,1-2H3/b11-9-. The molecule has 0 saturated heterocycles. The number of carbonyl (C=O) groups excluding carboxylic acids is 1. The third-order valence-corrected chi connectivity index (χ3v) is 2.97. The molecule has 0 saturated carbocycles. The van der Waals surface area contributed by atoms with E-state index in [4.69, 9.17) is 0 Å². The van der Waals surface area contributed by atoms with Gasteiger partial charge in [0.05, 0.1) is 7.11 Å². The smallest absolute Gasteiger partial charge is 0.330 e. The Morgan fingerprint density at radius 2 is 1.87 bits per heavy atom. The zero-order chi connectivity index (χ0) is 11.4. The van der Waals surface area contributed by atoms with E-state index in [1.54, 1.807) is 11.8 Å². The summed E-state index contributed by atoms with van der Waals surface area (Å²) in [5.74, 6) is 0.824.